The van der Waals surface area contributed by atoms with Crippen molar-refractivity contribution in [2.45, 2.75) is 26.4 Å². The van der Waals surface area contributed by atoms with Gasteiger partial charge in [0.2, 0.25) is 0 Å². The summed E-state index contributed by atoms with van der Waals surface area (Å²) >= 11 is 6.02. The second-order valence-corrected chi connectivity index (χ2v) is 5.43. The third kappa shape index (κ3) is 2.85. The number of nitrogens with zero attached hydrogens (tertiary/aromatic N) is 1. The Morgan fingerprint density at radius 2 is 1.89 bits per heavy atom. The zero-order valence-electron chi connectivity index (χ0n) is 11.0. The molecule has 2 aromatic rings. The Balaban J connectivity index is 2.59. The molecule has 0 aliphatic carbocycles. The van der Waals surface area contributed by atoms with Crippen molar-refractivity contribution in [3.05, 3.63) is 29.4 Å². The normalized spacial score (nSPS) is 11.6. The molecule has 0 amide bonds. The van der Waals surface area contributed by atoms with Crippen LogP contribution in [0.2, 0.25) is 5.15 Å². The SMILES string of the molecule is COc1ccc2c(OC(C)(C)C)cc(Cl)nc2c1. The highest BCUT2D eigenvalue weighted by molar-refractivity contribution is 6.30. The van der Waals surface area contributed by atoms with Crippen LogP contribution in [0.4, 0.5) is 0 Å². The van der Waals surface area contributed by atoms with Crippen LogP contribution in [0.1, 0.15) is 20.8 Å². The minimum atomic E-state index is -0.280. The monoisotopic (exact) mass is 265 g/mol. The first kappa shape index (κ1) is 13.0. The van der Waals surface area contributed by atoms with E-state index in [0.29, 0.717) is 5.15 Å². The van der Waals surface area contributed by atoms with Gasteiger partial charge in [0, 0.05) is 17.5 Å². The van der Waals surface area contributed by atoms with E-state index in [0.717, 1.165) is 22.4 Å². The van der Waals surface area contributed by atoms with Crippen LogP contribution in [0.15, 0.2) is 24.3 Å². The number of rotatable bonds is 2. The van der Waals surface area contributed by atoms with Gasteiger partial charge in [0.15, 0.2) is 0 Å². The van der Waals surface area contributed by atoms with Gasteiger partial charge in [-0.05, 0) is 32.9 Å². The minimum Gasteiger partial charge on any atom is -0.497 e. The van der Waals surface area contributed by atoms with E-state index in [1.165, 1.54) is 0 Å². The van der Waals surface area contributed by atoms with Gasteiger partial charge < -0.3 is 9.47 Å². The summed E-state index contributed by atoms with van der Waals surface area (Å²) in [5.74, 6) is 1.49. The third-order valence-corrected chi connectivity index (χ3v) is 2.56. The molecule has 0 radical (unpaired) electrons. The lowest BCUT2D eigenvalue weighted by Crippen LogP contribution is -2.23. The standard InChI is InChI=1S/C14H16ClNO2/c1-14(2,3)18-12-8-13(15)16-11-7-9(17-4)5-6-10(11)12/h5-8H,1-4H3. The van der Waals surface area contributed by atoms with Crippen LogP contribution in [-0.4, -0.2) is 17.7 Å². The summed E-state index contributed by atoms with van der Waals surface area (Å²) in [4.78, 5) is 4.28. The topological polar surface area (TPSA) is 31.4 Å². The Hall–Kier alpha value is -1.48. The lowest BCUT2D eigenvalue weighted by atomic mass is 10.1. The van der Waals surface area contributed by atoms with Crippen molar-refractivity contribution in [1.29, 1.82) is 0 Å². The predicted molar refractivity (Wildman–Crippen MR) is 73.7 cm³/mol. The molecule has 0 aliphatic rings. The number of halogens is 1. The molecule has 0 aliphatic heterocycles. The zero-order valence-corrected chi connectivity index (χ0v) is 11.7. The van der Waals surface area contributed by atoms with Gasteiger partial charge in [0.25, 0.3) is 0 Å². The first-order valence-electron chi connectivity index (χ1n) is 5.72. The highest BCUT2D eigenvalue weighted by atomic mass is 35.5. The van der Waals surface area contributed by atoms with E-state index in [2.05, 4.69) is 4.98 Å². The lowest BCUT2D eigenvalue weighted by molar-refractivity contribution is 0.133. The number of ether oxygens (including phenoxy) is 2. The Morgan fingerprint density at radius 1 is 1.17 bits per heavy atom. The van der Waals surface area contributed by atoms with Gasteiger partial charge in [-0.3, -0.25) is 0 Å². The number of hydrogen-bond donors (Lipinski definition) is 0. The highest BCUT2D eigenvalue weighted by Gasteiger charge is 2.15. The van der Waals surface area contributed by atoms with E-state index in [1.54, 1.807) is 13.2 Å². The average Bonchev–Trinajstić information content (AvgIpc) is 2.25. The second kappa shape index (κ2) is 4.65. The van der Waals surface area contributed by atoms with Gasteiger partial charge in [-0.1, -0.05) is 11.6 Å². The summed E-state index contributed by atoms with van der Waals surface area (Å²) in [7, 11) is 1.62. The van der Waals surface area contributed by atoms with Crippen molar-refractivity contribution < 1.29 is 9.47 Å². The molecule has 4 heteroatoms. The number of methoxy groups -OCH3 is 1. The van der Waals surface area contributed by atoms with Crippen LogP contribution >= 0.6 is 11.6 Å². The summed E-state index contributed by atoms with van der Waals surface area (Å²) in [5, 5.41) is 1.34. The summed E-state index contributed by atoms with van der Waals surface area (Å²) in [6, 6.07) is 7.39. The molecule has 1 heterocycles. The zero-order chi connectivity index (χ0) is 13.3. The van der Waals surface area contributed by atoms with Crippen molar-refractivity contribution in [1.82, 2.24) is 4.98 Å². The molecular formula is C14H16ClNO2. The Morgan fingerprint density at radius 3 is 2.50 bits per heavy atom. The van der Waals surface area contributed by atoms with Crippen LogP contribution in [0.5, 0.6) is 11.5 Å². The van der Waals surface area contributed by atoms with Crippen LogP contribution in [0.25, 0.3) is 10.9 Å². The first-order chi connectivity index (χ1) is 8.39. The quantitative estimate of drug-likeness (QED) is 0.767. The molecule has 2 rings (SSSR count). The molecule has 0 fully saturated rings. The van der Waals surface area contributed by atoms with Gasteiger partial charge in [-0.15, -0.1) is 0 Å². The van der Waals surface area contributed by atoms with E-state index in [4.69, 9.17) is 21.1 Å². The highest BCUT2D eigenvalue weighted by Crippen LogP contribution is 2.32. The van der Waals surface area contributed by atoms with E-state index in [-0.39, 0.29) is 5.60 Å². The van der Waals surface area contributed by atoms with Crippen LogP contribution < -0.4 is 9.47 Å². The molecule has 0 N–H and O–H groups in total. The number of pyridine rings is 1. The van der Waals surface area contributed by atoms with Gasteiger partial charge >= 0.3 is 0 Å². The number of aromatic nitrogens is 1. The largest absolute Gasteiger partial charge is 0.497 e. The van der Waals surface area contributed by atoms with E-state index < -0.39 is 0 Å². The van der Waals surface area contributed by atoms with Crippen LogP contribution in [0.3, 0.4) is 0 Å². The molecule has 0 saturated carbocycles. The predicted octanol–water partition coefficient (Wildman–Crippen LogP) is 4.07. The molecule has 0 atom stereocenters. The smallest absolute Gasteiger partial charge is 0.133 e. The number of benzene rings is 1. The average molecular weight is 266 g/mol. The first-order valence-corrected chi connectivity index (χ1v) is 6.10. The van der Waals surface area contributed by atoms with Crippen molar-refractivity contribution >= 4 is 22.5 Å². The summed E-state index contributed by atoms with van der Waals surface area (Å²) < 4.78 is 11.1. The van der Waals surface area contributed by atoms with Gasteiger partial charge in [-0.25, -0.2) is 4.98 Å². The molecule has 0 unspecified atom stereocenters. The number of hydrogen-bond acceptors (Lipinski definition) is 3. The maximum Gasteiger partial charge on any atom is 0.133 e. The molecule has 1 aromatic heterocycles. The molecule has 96 valence electrons. The van der Waals surface area contributed by atoms with E-state index in [9.17, 15) is 0 Å². The van der Waals surface area contributed by atoms with Crippen molar-refractivity contribution in [2.24, 2.45) is 0 Å². The van der Waals surface area contributed by atoms with Crippen LogP contribution in [0, 0.1) is 0 Å². The van der Waals surface area contributed by atoms with Gasteiger partial charge in [0.05, 0.1) is 12.6 Å². The van der Waals surface area contributed by atoms with E-state index >= 15 is 0 Å². The molecule has 0 bridgehead atoms. The fourth-order valence-electron chi connectivity index (χ4n) is 1.69. The second-order valence-electron chi connectivity index (χ2n) is 5.04. The summed E-state index contributed by atoms with van der Waals surface area (Å²) in [5.41, 5.74) is 0.485. The Kier molecular flexibility index (Phi) is 3.35. The van der Waals surface area contributed by atoms with Crippen LogP contribution in [-0.2, 0) is 0 Å². The summed E-state index contributed by atoms with van der Waals surface area (Å²) in [6.45, 7) is 5.99. The van der Waals surface area contributed by atoms with Crippen molar-refractivity contribution in [3.8, 4) is 11.5 Å². The molecule has 18 heavy (non-hydrogen) atoms. The fraction of sp³-hybridized carbons (Fsp3) is 0.357. The van der Waals surface area contributed by atoms with Gasteiger partial charge in [0.1, 0.15) is 22.3 Å². The minimum absolute atomic E-state index is 0.280. The molecule has 1 aromatic carbocycles. The summed E-state index contributed by atoms with van der Waals surface area (Å²) in [6.07, 6.45) is 0. The third-order valence-electron chi connectivity index (χ3n) is 2.36. The van der Waals surface area contributed by atoms with Crippen molar-refractivity contribution in [3.63, 3.8) is 0 Å². The lowest BCUT2D eigenvalue weighted by Gasteiger charge is -2.22. The van der Waals surface area contributed by atoms with Gasteiger partial charge in [-0.2, -0.15) is 0 Å². The maximum absolute atomic E-state index is 6.02. The number of fused-ring (bicyclic) bond motifs is 1. The molecule has 3 nitrogen and oxygen atoms in total. The van der Waals surface area contributed by atoms with E-state index in [1.807, 2.05) is 39.0 Å². The fourth-order valence-corrected chi connectivity index (χ4v) is 1.88. The molecule has 0 spiro atoms. The van der Waals surface area contributed by atoms with Crippen molar-refractivity contribution in [2.75, 3.05) is 7.11 Å². The maximum atomic E-state index is 6.02. The Bertz CT molecular complexity index is 576. The molecule has 0 saturated heterocycles. The molecular weight excluding hydrogens is 250 g/mol. The Labute approximate surface area is 112 Å².